The van der Waals surface area contributed by atoms with E-state index in [0.717, 1.165) is 16.7 Å². The Hall–Kier alpha value is -1.94. The van der Waals surface area contributed by atoms with E-state index in [9.17, 15) is 9.50 Å². The van der Waals surface area contributed by atoms with Gasteiger partial charge in [-0.3, -0.25) is 0 Å². The smallest absolute Gasteiger partial charge is 0.212 e. The first-order valence-electron chi connectivity index (χ1n) is 5.72. The van der Waals surface area contributed by atoms with Gasteiger partial charge in [-0.2, -0.15) is 4.39 Å². The zero-order valence-corrected chi connectivity index (χ0v) is 10.1. The standard InChI is InChI=1S/C14H14FNO2/c1-2-18-13-6-10(9-17)5-12(7-13)11-3-4-14(15)16-8-11/h3-8,17H,2,9H2,1H3. The molecule has 1 aromatic carbocycles. The minimum atomic E-state index is -0.512. The molecule has 0 saturated heterocycles. The number of aromatic nitrogens is 1. The molecule has 1 aromatic heterocycles. The van der Waals surface area contributed by atoms with Gasteiger partial charge < -0.3 is 9.84 Å². The van der Waals surface area contributed by atoms with Crippen molar-refractivity contribution in [2.75, 3.05) is 6.61 Å². The van der Waals surface area contributed by atoms with Crippen molar-refractivity contribution in [3.63, 3.8) is 0 Å². The van der Waals surface area contributed by atoms with E-state index in [1.165, 1.54) is 12.3 Å². The molecule has 0 spiro atoms. The van der Waals surface area contributed by atoms with Gasteiger partial charge in [0.1, 0.15) is 5.75 Å². The molecule has 0 fully saturated rings. The monoisotopic (exact) mass is 247 g/mol. The molecule has 0 atom stereocenters. The SMILES string of the molecule is CCOc1cc(CO)cc(-c2ccc(F)nc2)c1. The van der Waals surface area contributed by atoms with Crippen molar-refractivity contribution < 1.29 is 14.2 Å². The summed E-state index contributed by atoms with van der Waals surface area (Å²) in [6, 6.07) is 8.41. The van der Waals surface area contributed by atoms with Crippen LogP contribution in [0.1, 0.15) is 12.5 Å². The average Bonchev–Trinajstić information content (AvgIpc) is 2.39. The molecule has 94 valence electrons. The van der Waals surface area contributed by atoms with Crippen molar-refractivity contribution in [1.82, 2.24) is 4.98 Å². The van der Waals surface area contributed by atoms with Crippen molar-refractivity contribution in [3.05, 3.63) is 48.0 Å². The van der Waals surface area contributed by atoms with Crippen LogP contribution in [0.2, 0.25) is 0 Å². The molecule has 0 aliphatic carbocycles. The number of hydrogen-bond donors (Lipinski definition) is 1. The Morgan fingerprint density at radius 1 is 1.22 bits per heavy atom. The van der Waals surface area contributed by atoms with Crippen molar-refractivity contribution in [3.8, 4) is 16.9 Å². The summed E-state index contributed by atoms with van der Waals surface area (Å²) in [5.41, 5.74) is 2.38. The molecule has 0 saturated carbocycles. The first-order valence-corrected chi connectivity index (χ1v) is 5.72. The molecule has 1 N–H and O–H groups in total. The molecule has 0 aliphatic rings. The number of hydrogen-bond acceptors (Lipinski definition) is 3. The zero-order valence-electron chi connectivity index (χ0n) is 10.1. The van der Waals surface area contributed by atoms with Crippen molar-refractivity contribution in [1.29, 1.82) is 0 Å². The maximum absolute atomic E-state index is 12.8. The van der Waals surface area contributed by atoms with Crippen LogP contribution in [0, 0.1) is 5.95 Å². The first kappa shape index (κ1) is 12.5. The Morgan fingerprint density at radius 2 is 2.06 bits per heavy atom. The fraction of sp³-hybridized carbons (Fsp3) is 0.214. The number of aliphatic hydroxyl groups is 1. The van der Waals surface area contributed by atoms with Crippen LogP contribution in [0.4, 0.5) is 4.39 Å². The van der Waals surface area contributed by atoms with E-state index in [2.05, 4.69) is 4.98 Å². The van der Waals surface area contributed by atoms with Crippen molar-refractivity contribution in [2.45, 2.75) is 13.5 Å². The van der Waals surface area contributed by atoms with E-state index in [-0.39, 0.29) is 6.61 Å². The van der Waals surface area contributed by atoms with Gasteiger partial charge in [0.2, 0.25) is 5.95 Å². The lowest BCUT2D eigenvalue weighted by Gasteiger charge is -2.09. The normalized spacial score (nSPS) is 10.4. The van der Waals surface area contributed by atoms with Crippen LogP contribution in [-0.2, 0) is 6.61 Å². The summed E-state index contributed by atoms with van der Waals surface area (Å²) in [5, 5.41) is 9.21. The van der Waals surface area contributed by atoms with Gasteiger partial charge in [0.15, 0.2) is 0 Å². The second-order valence-electron chi connectivity index (χ2n) is 3.83. The van der Waals surface area contributed by atoms with Crippen LogP contribution in [0.5, 0.6) is 5.75 Å². The minimum absolute atomic E-state index is 0.0669. The molecular weight excluding hydrogens is 233 g/mol. The summed E-state index contributed by atoms with van der Waals surface area (Å²) in [6.07, 6.45) is 1.46. The van der Waals surface area contributed by atoms with Gasteiger partial charge in [-0.25, -0.2) is 4.98 Å². The number of halogens is 1. The topological polar surface area (TPSA) is 42.4 Å². The zero-order chi connectivity index (χ0) is 13.0. The Kier molecular flexibility index (Phi) is 3.89. The van der Waals surface area contributed by atoms with Crippen LogP contribution in [0.25, 0.3) is 11.1 Å². The highest BCUT2D eigenvalue weighted by molar-refractivity contribution is 5.65. The predicted molar refractivity (Wildman–Crippen MR) is 66.7 cm³/mol. The van der Waals surface area contributed by atoms with Gasteiger partial charge in [-0.1, -0.05) is 0 Å². The third kappa shape index (κ3) is 2.84. The quantitative estimate of drug-likeness (QED) is 0.845. The maximum atomic E-state index is 12.8. The molecule has 2 aromatic rings. The van der Waals surface area contributed by atoms with Gasteiger partial charge in [-0.05, 0) is 48.4 Å². The summed E-state index contributed by atoms with van der Waals surface area (Å²) in [5.74, 6) is 0.172. The molecule has 4 heteroatoms. The molecule has 0 unspecified atom stereocenters. The Morgan fingerprint density at radius 3 is 2.67 bits per heavy atom. The molecule has 2 rings (SSSR count). The molecule has 0 radical (unpaired) electrons. The highest BCUT2D eigenvalue weighted by atomic mass is 19.1. The second kappa shape index (κ2) is 5.60. The molecule has 0 bridgehead atoms. The number of pyridine rings is 1. The Bertz CT molecular complexity index is 526. The second-order valence-corrected chi connectivity index (χ2v) is 3.83. The summed E-state index contributed by atoms with van der Waals surface area (Å²) < 4.78 is 18.2. The van der Waals surface area contributed by atoms with Crippen LogP contribution < -0.4 is 4.74 Å². The first-order chi connectivity index (χ1) is 8.72. The lowest BCUT2D eigenvalue weighted by molar-refractivity contribution is 0.280. The molecule has 18 heavy (non-hydrogen) atoms. The highest BCUT2D eigenvalue weighted by Crippen LogP contribution is 2.26. The number of aliphatic hydroxyl groups excluding tert-OH is 1. The molecule has 0 aliphatic heterocycles. The van der Waals surface area contributed by atoms with E-state index in [4.69, 9.17) is 4.74 Å². The number of nitrogens with zero attached hydrogens (tertiary/aromatic N) is 1. The van der Waals surface area contributed by atoms with Gasteiger partial charge in [0.25, 0.3) is 0 Å². The van der Waals surface area contributed by atoms with E-state index in [1.54, 1.807) is 12.1 Å². The van der Waals surface area contributed by atoms with Crippen molar-refractivity contribution in [2.24, 2.45) is 0 Å². The highest BCUT2D eigenvalue weighted by Gasteiger charge is 2.04. The number of rotatable bonds is 4. The number of benzene rings is 1. The fourth-order valence-corrected chi connectivity index (χ4v) is 1.72. The number of ether oxygens (including phenoxy) is 1. The minimum Gasteiger partial charge on any atom is -0.494 e. The van der Waals surface area contributed by atoms with Crippen LogP contribution >= 0.6 is 0 Å². The molecular formula is C14H14FNO2. The third-order valence-electron chi connectivity index (χ3n) is 2.52. The van der Waals surface area contributed by atoms with Crippen LogP contribution in [-0.4, -0.2) is 16.7 Å². The summed E-state index contributed by atoms with van der Waals surface area (Å²) in [7, 11) is 0. The molecule has 1 heterocycles. The molecule has 0 amide bonds. The summed E-state index contributed by atoms with van der Waals surface area (Å²) in [6.45, 7) is 2.38. The van der Waals surface area contributed by atoms with E-state index < -0.39 is 5.95 Å². The largest absolute Gasteiger partial charge is 0.494 e. The van der Waals surface area contributed by atoms with Crippen LogP contribution in [0.15, 0.2) is 36.5 Å². The van der Waals surface area contributed by atoms with Crippen molar-refractivity contribution >= 4 is 0 Å². The summed E-state index contributed by atoms with van der Waals surface area (Å²) in [4.78, 5) is 3.62. The van der Waals surface area contributed by atoms with Gasteiger partial charge in [0, 0.05) is 11.8 Å². The maximum Gasteiger partial charge on any atom is 0.212 e. The predicted octanol–water partition coefficient (Wildman–Crippen LogP) is 2.78. The molecule has 3 nitrogen and oxygen atoms in total. The lowest BCUT2D eigenvalue weighted by Crippen LogP contribution is -1.94. The van der Waals surface area contributed by atoms with E-state index >= 15 is 0 Å². The third-order valence-corrected chi connectivity index (χ3v) is 2.52. The fourth-order valence-electron chi connectivity index (χ4n) is 1.72. The van der Waals surface area contributed by atoms with E-state index in [0.29, 0.717) is 12.4 Å². The van der Waals surface area contributed by atoms with Crippen LogP contribution in [0.3, 0.4) is 0 Å². The average molecular weight is 247 g/mol. The van der Waals surface area contributed by atoms with Gasteiger partial charge in [0.05, 0.1) is 13.2 Å². The lowest BCUT2D eigenvalue weighted by atomic mass is 10.0. The van der Waals surface area contributed by atoms with E-state index in [1.807, 2.05) is 19.1 Å². The van der Waals surface area contributed by atoms with Gasteiger partial charge >= 0.3 is 0 Å². The Labute approximate surface area is 105 Å². The Balaban J connectivity index is 2.42. The summed E-state index contributed by atoms with van der Waals surface area (Å²) >= 11 is 0. The van der Waals surface area contributed by atoms with Gasteiger partial charge in [-0.15, -0.1) is 0 Å².